The lowest BCUT2D eigenvalue weighted by Crippen LogP contribution is -2.37. The van der Waals surface area contributed by atoms with Gasteiger partial charge in [-0.3, -0.25) is 4.79 Å². The largest absolute Gasteiger partial charge is 0.468 e. The van der Waals surface area contributed by atoms with Crippen molar-refractivity contribution in [2.45, 2.75) is 25.4 Å². The summed E-state index contributed by atoms with van der Waals surface area (Å²) in [7, 11) is -2.47. The Bertz CT molecular complexity index is 579. The molecule has 1 fully saturated rings. The lowest BCUT2D eigenvalue weighted by Gasteiger charge is -2.21. The molecule has 0 amide bonds. The molecule has 20 heavy (non-hydrogen) atoms. The standard InChI is InChI=1S/C13H18N2O4S/c1-19-13(16)9-20(17,18)15(12-6-7-12)8-10-2-4-11(14)5-3-10/h2-5,12H,6-9,14H2,1H3. The van der Waals surface area contributed by atoms with Gasteiger partial charge >= 0.3 is 5.97 Å². The molecule has 1 aliphatic carbocycles. The SMILES string of the molecule is COC(=O)CS(=O)(=O)N(Cc1ccc(N)cc1)C1CC1. The van der Waals surface area contributed by atoms with Gasteiger partial charge in [0.25, 0.3) is 0 Å². The van der Waals surface area contributed by atoms with Crippen molar-refractivity contribution in [3.8, 4) is 0 Å². The van der Waals surface area contributed by atoms with Crippen LogP contribution in [0.4, 0.5) is 5.69 Å². The van der Waals surface area contributed by atoms with Crippen LogP contribution in [-0.2, 0) is 26.1 Å². The minimum Gasteiger partial charge on any atom is -0.468 e. The molecule has 110 valence electrons. The minimum atomic E-state index is -3.65. The van der Waals surface area contributed by atoms with Crippen LogP contribution in [0.1, 0.15) is 18.4 Å². The fraction of sp³-hybridized carbons (Fsp3) is 0.462. The molecule has 0 atom stereocenters. The van der Waals surface area contributed by atoms with Gasteiger partial charge < -0.3 is 10.5 Å². The molecule has 1 saturated carbocycles. The van der Waals surface area contributed by atoms with E-state index in [4.69, 9.17) is 5.73 Å². The van der Waals surface area contributed by atoms with E-state index in [-0.39, 0.29) is 12.6 Å². The molecule has 0 aromatic heterocycles. The molecule has 1 aliphatic rings. The summed E-state index contributed by atoms with van der Waals surface area (Å²) in [5.74, 6) is -1.36. The third kappa shape index (κ3) is 3.71. The second-order valence-corrected chi connectivity index (χ2v) is 6.77. The summed E-state index contributed by atoms with van der Waals surface area (Å²) >= 11 is 0. The third-order valence-corrected chi connectivity index (χ3v) is 4.90. The quantitative estimate of drug-likeness (QED) is 0.618. The van der Waals surface area contributed by atoms with Gasteiger partial charge in [-0.2, -0.15) is 4.31 Å². The summed E-state index contributed by atoms with van der Waals surface area (Å²) in [6.45, 7) is 0.254. The number of rotatable bonds is 6. The minimum absolute atomic E-state index is 0.0118. The predicted octanol–water partition coefficient (Wildman–Crippen LogP) is 0.736. The zero-order chi connectivity index (χ0) is 14.8. The van der Waals surface area contributed by atoms with E-state index >= 15 is 0 Å². The van der Waals surface area contributed by atoms with Crippen molar-refractivity contribution in [3.63, 3.8) is 0 Å². The van der Waals surface area contributed by atoms with E-state index in [1.807, 2.05) is 0 Å². The van der Waals surface area contributed by atoms with Crippen LogP contribution in [0.2, 0.25) is 0 Å². The smallest absolute Gasteiger partial charge is 0.322 e. The average Bonchev–Trinajstić information content (AvgIpc) is 3.21. The molecular weight excluding hydrogens is 280 g/mol. The highest BCUT2D eigenvalue weighted by molar-refractivity contribution is 7.89. The molecule has 0 unspecified atom stereocenters. The van der Waals surface area contributed by atoms with Crippen molar-refractivity contribution in [1.29, 1.82) is 0 Å². The number of benzene rings is 1. The number of hydrogen-bond donors (Lipinski definition) is 1. The van der Waals surface area contributed by atoms with E-state index in [1.54, 1.807) is 24.3 Å². The summed E-state index contributed by atoms with van der Waals surface area (Å²) < 4.78 is 30.3. The molecule has 0 radical (unpaired) electrons. The van der Waals surface area contributed by atoms with Gasteiger partial charge in [0.05, 0.1) is 7.11 Å². The number of sulfonamides is 1. The van der Waals surface area contributed by atoms with Gasteiger partial charge in [-0.1, -0.05) is 12.1 Å². The molecule has 7 heteroatoms. The van der Waals surface area contributed by atoms with Crippen LogP contribution in [0.25, 0.3) is 0 Å². The van der Waals surface area contributed by atoms with Gasteiger partial charge in [-0.05, 0) is 30.5 Å². The first kappa shape index (κ1) is 14.8. The number of nitrogen functional groups attached to an aromatic ring is 1. The Hall–Kier alpha value is -1.60. The van der Waals surface area contributed by atoms with E-state index in [0.29, 0.717) is 5.69 Å². The first-order chi connectivity index (χ1) is 9.42. The molecule has 0 saturated heterocycles. The Labute approximate surface area is 118 Å². The van der Waals surface area contributed by atoms with Crippen molar-refractivity contribution >= 4 is 21.7 Å². The molecule has 0 spiro atoms. The number of carbonyl (C=O) groups excluding carboxylic acids is 1. The molecule has 1 aromatic carbocycles. The van der Waals surface area contributed by atoms with Gasteiger partial charge in [-0.25, -0.2) is 8.42 Å². The summed E-state index contributed by atoms with van der Waals surface area (Å²) in [4.78, 5) is 11.2. The lowest BCUT2D eigenvalue weighted by molar-refractivity contribution is -0.137. The monoisotopic (exact) mass is 298 g/mol. The van der Waals surface area contributed by atoms with E-state index in [1.165, 1.54) is 11.4 Å². The van der Waals surface area contributed by atoms with Crippen molar-refractivity contribution in [1.82, 2.24) is 4.31 Å². The van der Waals surface area contributed by atoms with Crippen molar-refractivity contribution < 1.29 is 17.9 Å². The third-order valence-electron chi connectivity index (χ3n) is 3.16. The fourth-order valence-corrected chi connectivity index (χ4v) is 3.50. The summed E-state index contributed by atoms with van der Waals surface area (Å²) in [6, 6.07) is 7.03. The molecular formula is C13H18N2O4S. The van der Waals surface area contributed by atoms with Gasteiger partial charge in [0, 0.05) is 18.3 Å². The second kappa shape index (κ2) is 5.80. The Morgan fingerprint density at radius 1 is 1.35 bits per heavy atom. The number of hydrogen-bond acceptors (Lipinski definition) is 5. The van der Waals surface area contributed by atoms with Crippen LogP contribution in [0.15, 0.2) is 24.3 Å². The first-order valence-electron chi connectivity index (χ1n) is 6.33. The summed E-state index contributed by atoms with van der Waals surface area (Å²) in [5.41, 5.74) is 7.08. The van der Waals surface area contributed by atoms with Gasteiger partial charge in [-0.15, -0.1) is 0 Å². The highest BCUT2D eigenvalue weighted by Gasteiger charge is 2.38. The molecule has 0 heterocycles. The van der Waals surface area contributed by atoms with Gasteiger partial charge in [0.2, 0.25) is 10.0 Å². The molecule has 0 aliphatic heterocycles. The van der Waals surface area contributed by atoms with E-state index < -0.39 is 21.7 Å². The van der Waals surface area contributed by atoms with Crippen molar-refractivity contribution in [2.24, 2.45) is 0 Å². The fourth-order valence-electron chi connectivity index (χ4n) is 1.91. The summed E-state index contributed by atoms with van der Waals surface area (Å²) in [6.07, 6.45) is 1.66. The van der Waals surface area contributed by atoms with Crippen LogP contribution >= 0.6 is 0 Å². The zero-order valence-corrected chi connectivity index (χ0v) is 12.1. The van der Waals surface area contributed by atoms with Crippen LogP contribution in [0, 0.1) is 0 Å². The van der Waals surface area contributed by atoms with Gasteiger partial charge in [0.1, 0.15) is 0 Å². The van der Waals surface area contributed by atoms with Crippen LogP contribution in [0.5, 0.6) is 0 Å². The number of anilines is 1. The van der Waals surface area contributed by atoms with Crippen LogP contribution in [0.3, 0.4) is 0 Å². The average molecular weight is 298 g/mol. The normalized spacial score (nSPS) is 15.3. The summed E-state index contributed by atoms with van der Waals surface area (Å²) in [5, 5.41) is 0. The Kier molecular flexibility index (Phi) is 4.29. The maximum absolute atomic E-state index is 12.3. The maximum atomic E-state index is 12.3. The highest BCUT2D eigenvalue weighted by atomic mass is 32.2. The number of methoxy groups -OCH3 is 1. The number of ether oxygens (including phenoxy) is 1. The Balaban J connectivity index is 2.15. The van der Waals surface area contributed by atoms with E-state index in [0.717, 1.165) is 18.4 Å². The number of nitrogens with zero attached hydrogens (tertiary/aromatic N) is 1. The molecule has 2 N–H and O–H groups in total. The molecule has 1 aromatic rings. The maximum Gasteiger partial charge on any atom is 0.322 e. The number of carbonyl (C=O) groups is 1. The van der Waals surface area contributed by atoms with Crippen LogP contribution < -0.4 is 5.73 Å². The molecule has 2 rings (SSSR count). The van der Waals surface area contributed by atoms with Crippen molar-refractivity contribution in [2.75, 3.05) is 18.6 Å². The van der Waals surface area contributed by atoms with Crippen molar-refractivity contribution in [3.05, 3.63) is 29.8 Å². The number of esters is 1. The highest BCUT2D eigenvalue weighted by Crippen LogP contribution is 2.31. The predicted molar refractivity (Wildman–Crippen MR) is 75.2 cm³/mol. The second-order valence-electron chi connectivity index (χ2n) is 4.85. The Morgan fingerprint density at radius 3 is 2.45 bits per heavy atom. The first-order valence-corrected chi connectivity index (χ1v) is 7.94. The van der Waals surface area contributed by atoms with Crippen LogP contribution in [-0.4, -0.2) is 37.6 Å². The molecule has 6 nitrogen and oxygen atoms in total. The zero-order valence-electron chi connectivity index (χ0n) is 11.3. The number of nitrogens with two attached hydrogens (primary N) is 1. The molecule has 0 bridgehead atoms. The van der Waals surface area contributed by atoms with E-state index in [2.05, 4.69) is 4.74 Å². The van der Waals surface area contributed by atoms with Gasteiger partial charge in [0.15, 0.2) is 5.75 Å². The Morgan fingerprint density at radius 2 is 1.95 bits per heavy atom. The topological polar surface area (TPSA) is 89.7 Å². The lowest BCUT2D eigenvalue weighted by atomic mass is 10.2. The van der Waals surface area contributed by atoms with E-state index in [9.17, 15) is 13.2 Å².